The fourth-order valence-electron chi connectivity index (χ4n) is 3.94. The minimum Gasteiger partial charge on any atom is -0.352 e. The van der Waals surface area contributed by atoms with Crippen molar-refractivity contribution in [3.8, 4) is 0 Å². The molecule has 0 heterocycles. The second-order valence-corrected chi connectivity index (χ2v) is 10.4. The summed E-state index contributed by atoms with van der Waals surface area (Å²) in [4.78, 5) is 39.4. The van der Waals surface area contributed by atoms with E-state index in [1.165, 1.54) is 23.9 Å². The largest absolute Gasteiger partial charge is 0.352 e. The summed E-state index contributed by atoms with van der Waals surface area (Å²) in [5.74, 6) is 0.427. The molecular formula is C30H35N3O4S. The van der Waals surface area contributed by atoms with Crippen LogP contribution in [0.1, 0.15) is 42.5 Å². The van der Waals surface area contributed by atoms with Gasteiger partial charge in [0.2, 0.25) is 11.8 Å². The lowest BCUT2D eigenvalue weighted by atomic mass is 10.0. The molecule has 38 heavy (non-hydrogen) atoms. The van der Waals surface area contributed by atoms with Gasteiger partial charge in [0.15, 0.2) is 0 Å². The molecule has 0 aliphatic rings. The van der Waals surface area contributed by atoms with Crippen molar-refractivity contribution in [1.29, 1.82) is 0 Å². The van der Waals surface area contributed by atoms with Gasteiger partial charge in [0, 0.05) is 36.9 Å². The Labute approximate surface area is 228 Å². The maximum atomic E-state index is 13.7. The Morgan fingerprint density at radius 1 is 0.947 bits per heavy atom. The summed E-state index contributed by atoms with van der Waals surface area (Å²) in [6.07, 6.45) is 1.20. The Bertz CT molecular complexity index is 1200. The van der Waals surface area contributed by atoms with E-state index in [0.29, 0.717) is 18.7 Å². The minimum absolute atomic E-state index is 0.00591. The Morgan fingerprint density at radius 2 is 1.58 bits per heavy atom. The lowest BCUT2D eigenvalue weighted by Crippen LogP contribution is -2.52. The average Bonchev–Trinajstić information content (AvgIpc) is 2.92. The van der Waals surface area contributed by atoms with Crippen LogP contribution in [0.4, 0.5) is 5.69 Å². The predicted molar refractivity (Wildman–Crippen MR) is 153 cm³/mol. The van der Waals surface area contributed by atoms with Gasteiger partial charge < -0.3 is 10.2 Å². The molecule has 7 nitrogen and oxygen atoms in total. The highest BCUT2D eigenvalue weighted by molar-refractivity contribution is 7.99. The van der Waals surface area contributed by atoms with Crippen molar-refractivity contribution in [3.63, 3.8) is 0 Å². The highest BCUT2D eigenvalue weighted by Gasteiger charge is 2.30. The number of hydrogen-bond acceptors (Lipinski definition) is 5. The van der Waals surface area contributed by atoms with Gasteiger partial charge >= 0.3 is 0 Å². The van der Waals surface area contributed by atoms with Crippen LogP contribution < -0.4 is 5.32 Å². The van der Waals surface area contributed by atoms with Gasteiger partial charge in [-0.2, -0.15) is 0 Å². The molecule has 0 saturated heterocycles. The number of nitro groups is 1. The van der Waals surface area contributed by atoms with Crippen LogP contribution >= 0.6 is 11.8 Å². The lowest BCUT2D eigenvalue weighted by Gasteiger charge is -2.32. The quantitative estimate of drug-likeness (QED) is 0.225. The summed E-state index contributed by atoms with van der Waals surface area (Å²) >= 11 is 1.43. The van der Waals surface area contributed by atoms with Gasteiger partial charge in [0.05, 0.1) is 10.7 Å². The third-order valence-electron chi connectivity index (χ3n) is 6.39. The third-order valence-corrected chi connectivity index (χ3v) is 7.38. The second kappa shape index (κ2) is 14.3. The van der Waals surface area contributed by atoms with Crippen LogP contribution in [0.15, 0.2) is 78.9 Å². The summed E-state index contributed by atoms with van der Waals surface area (Å²) in [6, 6.07) is 23.4. The number of non-ortho nitro benzene ring substituents is 1. The monoisotopic (exact) mass is 533 g/mol. The molecule has 2 amide bonds. The summed E-state index contributed by atoms with van der Waals surface area (Å²) in [6.45, 7) is 6.31. The molecule has 0 aliphatic heterocycles. The number of nitrogens with zero attached hydrogens (tertiary/aromatic N) is 2. The van der Waals surface area contributed by atoms with Crippen molar-refractivity contribution >= 4 is 29.3 Å². The maximum Gasteiger partial charge on any atom is 0.269 e. The highest BCUT2D eigenvalue weighted by Crippen LogP contribution is 2.20. The number of nitrogens with one attached hydrogen (secondary N) is 1. The van der Waals surface area contributed by atoms with Gasteiger partial charge in [0.1, 0.15) is 6.04 Å². The van der Waals surface area contributed by atoms with E-state index < -0.39 is 11.0 Å². The molecule has 2 atom stereocenters. The van der Waals surface area contributed by atoms with Crippen molar-refractivity contribution < 1.29 is 14.5 Å². The van der Waals surface area contributed by atoms with Gasteiger partial charge in [-0.15, -0.1) is 11.8 Å². The zero-order chi connectivity index (χ0) is 27.5. The molecule has 8 heteroatoms. The van der Waals surface area contributed by atoms with E-state index in [2.05, 4.69) is 5.32 Å². The van der Waals surface area contributed by atoms with Crippen molar-refractivity contribution in [2.24, 2.45) is 0 Å². The molecule has 200 valence electrons. The minimum atomic E-state index is -0.667. The van der Waals surface area contributed by atoms with Crippen molar-refractivity contribution in [1.82, 2.24) is 10.2 Å². The molecule has 0 radical (unpaired) electrons. The third kappa shape index (κ3) is 8.73. The molecule has 0 aliphatic carbocycles. The van der Waals surface area contributed by atoms with Crippen LogP contribution in [0.2, 0.25) is 0 Å². The van der Waals surface area contributed by atoms with Crippen LogP contribution in [-0.2, 0) is 28.3 Å². The Hall–Kier alpha value is -3.65. The molecular weight excluding hydrogens is 498 g/mol. The van der Waals surface area contributed by atoms with Gasteiger partial charge in [-0.1, -0.05) is 79.2 Å². The van der Waals surface area contributed by atoms with Gasteiger partial charge in [-0.25, -0.2) is 0 Å². The molecule has 0 unspecified atom stereocenters. The van der Waals surface area contributed by atoms with Crippen molar-refractivity contribution in [2.45, 2.75) is 58.0 Å². The summed E-state index contributed by atoms with van der Waals surface area (Å²) < 4.78 is 0. The lowest BCUT2D eigenvalue weighted by molar-refractivity contribution is -0.384. The number of nitro benzene ring substituents is 1. The SMILES string of the molecule is CC[C@@H](C)NC(=O)[C@@H](Cc1ccccc1)N(Cc1ccc(C)cc1)C(=O)CSCc1ccc([N+](=O)[O-])cc1. The zero-order valence-corrected chi connectivity index (χ0v) is 22.9. The molecule has 1 N–H and O–H groups in total. The van der Waals surface area contributed by atoms with Gasteiger partial charge in [0.25, 0.3) is 5.69 Å². The number of benzene rings is 3. The molecule has 0 saturated carbocycles. The zero-order valence-electron chi connectivity index (χ0n) is 22.1. The van der Waals surface area contributed by atoms with Crippen molar-refractivity contribution in [2.75, 3.05) is 5.75 Å². The fraction of sp³-hybridized carbons (Fsp3) is 0.333. The topological polar surface area (TPSA) is 92.6 Å². The number of hydrogen-bond donors (Lipinski definition) is 1. The molecule has 0 aromatic heterocycles. The Kier molecular flexibility index (Phi) is 10.9. The molecule has 3 aromatic rings. The van der Waals surface area contributed by atoms with Crippen LogP contribution in [0.3, 0.4) is 0 Å². The first-order valence-electron chi connectivity index (χ1n) is 12.8. The van der Waals surface area contributed by atoms with E-state index >= 15 is 0 Å². The Balaban J connectivity index is 1.82. The van der Waals surface area contributed by atoms with Gasteiger partial charge in [-0.3, -0.25) is 19.7 Å². The summed E-state index contributed by atoms with van der Waals surface area (Å²) in [5.41, 5.74) is 4.00. The average molecular weight is 534 g/mol. The number of carbonyl (C=O) groups is 2. The molecule has 0 bridgehead atoms. The van der Waals surface area contributed by atoms with E-state index in [4.69, 9.17) is 0 Å². The van der Waals surface area contributed by atoms with E-state index in [1.54, 1.807) is 17.0 Å². The molecule has 0 fully saturated rings. The molecule has 0 spiro atoms. The van der Waals surface area contributed by atoms with Crippen LogP contribution in [0.25, 0.3) is 0 Å². The number of rotatable bonds is 13. The highest BCUT2D eigenvalue weighted by atomic mass is 32.2. The summed E-state index contributed by atoms with van der Waals surface area (Å²) in [7, 11) is 0. The van der Waals surface area contributed by atoms with Crippen LogP contribution in [0, 0.1) is 17.0 Å². The van der Waals surface area contributed by atoms with Crippen LogP contribution in [0.5, 0.6) is 0 Å². The number of thioether (sulfide) groups is 1. The predicted octanol–water partition coefficient (Wildman–Crippen LogP) is 5.69. The number of amides is 2. The normalized spacial score (nSPS) is 12.4. The van der Waals surface area contributed by atoms with E-state index in [-0.39, 0.29) is 29.3 Å². The maximum absolute atomic E-state index is 13.7. The smallest absolute Gasteiger partial charge is 0.269 e. The molecule has 3 aromatic carbocycles. The van der Waals surface area contributed by atoms with E-state index in [0.717, 1.165) is 28.7 Å². The molecule has 3 rings (SSSR count). The van der Waals surface area contributed by atoms with E-state index in [1.807, 2.05) is 75.4 Å². The second-order valence-electron chi connectivity index (χ2n) is 9.45. The first-order chi connectivity index (χ1) is 18.3. The fourth-order valence-corrected chi connectivity index (χ4v) is 4.81. The van der Waals surface area contributed by atoms with Crippen molar-refractivity contribution in [3.05, 3.63) is 111 Å². The van der Waals surface area contributed by atoms with Crippen LogP contribution in [-0.4, -0.2) is 39.5 Å². The summed E-state index contributed by atoms with van der Waals surface area (Å²) in [5, 5.41) is 14.0. The standard InChI is InChI=1S/C30H35N3O4S/c1-4-23(3)31-30(35)28(18-24-8-6-5-7-9-24)32(19-25-12-10-22(2)11-13-25)29(34)21-38-20-26-14-16-27(17-15-26)33(36)37/h5-17,23,28H,4,18-21H2,1-3H3,(H,31,35)/t23-,28-/m1/s1. The number of aryl methyl sites for hydroxylation is 1. The first kappa shape index (κ1) is 28.9. The van der Waals surface area contributed by atoms with Gasteiger partial charge in [-0.05, 0) is 37.0 Å². The first-order valence-corrected chi connectivity index (χ1v) is 13.9. The Morgan fingerprint density at radius 3 is 2.18 bits per heavy atom. The number of carbonyl (C=O) groups excluding carboxylic acids is 2. The van der Waals surface area contributed by atoms with E-state index in [9.17, 15) is 19.7 Å².